The Morgan fingerprint density at radius 3 is 3.09 bits per heavy atom. The van der Waals surface area contributed by atoms with E-state index in [1.54, 1.807) is 19.8 Å². The van der Waals surface area contributed by atoms with Gasteiger partial charge in [0.05, 0.1) is 7.11 Å². The molecule has 0 saturated carbocycles. The molecule has 0 unspecified atom stereocenters. The number of hydrogen-bond donors (Lipinski definition) is 0. The van der Waals surface area contributed by atoms with Gasteiger partial charge in [-0.1, -0.05) is 11.6 Å². The zero-order valence-electron chi connectivity index (χ0n) is 12.8. The number of piperidine rings is 1. The van der Waals surface area contributed by atoms with Crippen molar-refractivity contribution in [1.29, 1.82) is 0 Å². The lowest BCUT2D eigenvalue weighted by atomic mass is 9.97. The third kappa shape index (κ3) is 3.78. The molecule has 0 N–H and O–H groups in total. The second kappa shape index (κ2) is 7.11. The Bertz CT molecular complexity index is 602. The molecule has 1 aromatic carbocycles. The van der Waals surface area contributed by atoms with Crippen LogP contribution < -0.4 is 4.74 Å². The van der Waals surface area contributed by atoms with Gasteiger partial charge in [0.1, 0.15) is 18.4 Å². The normalized spacial score (nSPS) is 19.3. The predicted molar refractivity (Wildman–Crippen MR) is 86.0 cm³/mol. The van der Waals surface area contributed by atoms with Gasteiger partial charge in [0.15, 0.2) is 0 Å². The summed E-state index contributed by atoms with van der Waals surface area (Å²) in [4.78, 5) is 6.49. The molecule has 0 bridgehead atoms. The Labute approximate surface area is 135 Å². The fourth-order valence-electron chi connectivity index (χ4n) is 3.15. The van der Waals surface area contributed by atoms with Crippen LogP contribution in [0.3, 0.4) is 0 Å². The van der Waals surface area contributed by atoms with Crippen molar-refractivity contribution in [3.8, 4) is 5.75 Å². The fourth-order valence-corrected chi connectivity index (χ4v) is 3.34. The van der Waals surface area contributed by atoms with Crippen LogP contribution in [0.25, 0.3) is 0 Å². The monoisotopic (exact) mass is 320 g/mol. The largest absolute Gasteiger partial charge is 0.496 e. The molecule has 118 valence electrons. The highest BCUT2D eigenvalue weighted by Crippen LogP contribution is 2.26. The molecule has 0 spiro atoms. The first-order valence-corrected chi connectivity index (χ1v) is 7.99. The summed E-state index contributed by atoms with van der Waals surface area (Å²) in [6.07, 6.45) is 5.83. The summed E-state index contributed by atoms with van der Waals surface area (Å²) in [6.45, 7) is 3.99. The van der Waals surface area contributed by atoms with E-state index in [-0.39, 0.29) is 0 Å². The maximum atomic E-state index is 6.12. The van der Waals surface area contributed by atoms with Gasteiger partial charge in [-0.2, -0.15) is 5.10 Å². The van der Waals surface area contributed by atoms with E-state index in [4.69, 9.17) is 16.3 Å². The summed E-state index contributed by atoms with van der Waals surface area (Å²) in [7, 11) is 1.70. The number of methoxy groups -OCH3 is 1. The first-order valence-electron chi connectivity index (χ1n) is 7.62. The second-order valence-electron chi connectivity index (χ2n) is 5.82. The van der Waals surface area contributed by atoms with Gasteiger partial charge in [0, 0.05) is 30.2 Å². The third-order valence-corrected chi connectivity index (χ3v) is 4.39. The van der Waals surface area contributed by atoms with E-state index < -0.39 is 0 Å². The van der Waals surface area contributed by atoms with Gasteiger partial charge in [-0.05, 0) is 43.5 Å². The van der Waals surface area contributed by atoms with Gasteiger partial charge in [0.2, 0.25) is 0 Å². The van der Waals surface area contributed by atoms with E-state index in [0.29, 0.717) is 5.92 Å². The maximum absolute atomic E-state index is 6.12. The molecule has 1 atom stereocenters. The standard InChI is InChI=1S/C16H21ClN4O/c1-22-16-5-4-15(17)7-14(16)10-20-6-2-3-13(8-20)9-21-12-18-11-19-21/h4-5,7,11-13H,2-3,6,8-10H2,1H3/t13-/m0/s1. The molecule has 3 rings (SSSR count). The van der Waals surface area contributed by atoms with Gasteiger partial charge in [-0.3, -0.25) is 9.58 Å². The van der Waals surface area contributed by atoms with Crippen LogP contribution in [-0.4, -0.2) is 39.9 Å². The minimum Gasteiger partial charge on any atom is -0.496 e. The van der Waals surface area contributed by atoms with Crippen LogP contribution in [0.2, 0.25) is 5.02 Å². The Hall–Kier alpha value is -1.59. The minimum absolute atomic E-state index is 0.612. The summed E-state index contributed by atoms with van der Waals surface area (Å²) < 4.78 is 7.37. The van der Waals surface area contributed by atoms with E-state index in [1.807, 2.05) is 22.9 Å². The minimum atomic E-state index is 0.612. The quantitative estimate of drug-likeness (QED) is 0.849. The van der Waals surface area contributed by atoms with Gasteiger partial charge < -0.3 is 4.74 Å². The number of benzene rings is 1. The van der Waals surface area contributed by atoms with E-state index in [1.165, 1.54) is 12.8 Å². The Morgan fingerprint density at radius 2 is 2.32 bits per heavy atom. The Balaban J connectivity index is 1.64. The summed E-state index contributed by atoms with van der Waals surface area (Å²) in [5.41, 5.74) is 1.15. The summed E-state index contributed by atoms with van der Waals surface area (Å²) in [6, 6.07) is 5.81. The zero-order valence-corrected chi connectivity index (χ0v) is 13.5. The molecule has 1 saturated heterocycles. The predicted octanol–water partition coefficient (Wildman–Crippen LogP) is 2.85. The van der Waals surface area contributed by atoms with Crippen LogP contribution in [0.15, 0.2) is 30.9 Å². The second-order valence-corrected chi connectivity index (χ2v) is 6.25. The van der Waals surface area contributed by atoms with Crippen molar-refractivity contribution in [3.05, 3.63) is 41.4 Å². The van der Waals surface area contributed by atoms with E-state index in [0.717, 1.165) is 42.5 Å². The molecule has 1 aliphatic rings. The van der Waals surface area contributed by atoms with Crippen LogP contribution in [-0.2, 0) is 13.1 Å². The number of likely N-dealkylation sites (tertiary alicyclic amines) is 1. The van der Waals surface area contributed by atoms with Gasteiger partial charge in [-0.15, -0.1) is 0 Å². The third-order valence-electron chi connectivity index (χ3n) is 4.15. The van der Waals surface area contributed by atoms with Crippen molar-refractivity contribution in [2.75, 3.05) is 20.2 Å². The van der Waals surface area contributed by atoms with Crippen molar-refractivity contribution >= 4 is 11.6 Å². The lowest BCUT2D eigenvalue weighted by molar-refractivity contribution is 0.152. The van der Waals surface area contributed by atoms with Crippen LogP contribution in [0.4, 0.5) is 0 Å². The van der Waals surface area contributed by atoms with E-state index >= 15 is 0 Å². The number of nitrogens with zero attached hydrogens (tertiary/aromatic N) is 4. The van der Waals surface area contributed by atoms with Crippen molar-refractivity contribution in [2.45, 2.75) is 25.9 Å². The molecule has 22 heavy (non-hydrogen) atoms. The molecule has 2 heterocycles. The molecule has 1 aliphatic heterocycles. The zero-order chi connectivity index (χ0) is 15.4. The van der Waals surface area contributed by atoms with Crippen molar-refractivity contribution in [3.63, 3.8) is 0 Å². The highest BCUT2D eigenvalue weighted by Gasteiger charge is 2.21. The average molecular weight is 321 g/mol. The van der Waals surface area contributed by atoms with Crippen LogP contribution >= 0.6 is 11.6 Å². The molecular weight excluding hydrogens is 300 g/mol. The van der Waals surface area contributed by atoms with Crippen LogP contribution in [0.5, 0.6) is 5.75 Å². The van der Waals surface area contributed by atoms with E-state index in [2.05, 4.69) is 15.0 Å². The van der Waals surface area contributed by atoms with Crippen LogP contribution in [0, 0.1) is 5.92 Å². The van der Waals surface area contributed by atoms with Crippen molar-refractivity contribution in [2.24, 2.45) is 5.92 Å². The highest BCUT2D eigenvalue weighted by molar-refractivity contribution is 6.30. The van der Waals surface area contributed by atoms with Crippen LogP contribution in [0.1, 0.15) is 18.4 Å². The van der Waals surface area contributed by atoms with E-state index in [9.17, 15) is 0 Å². The number of hydrogen-bond acceptors (Lipinski definition) is 4. The smallest absolute Gasteiger partial charge is 0.137 e. The number of halogens is 1. The molecule has 0 radical (unpaired) electrons. The molecule has 1 fully saturated rings. The molecule has 0 amide bonds. The van der Waals surface area contributed by atoms with Crippen molar-refractivity contribution in [1.82, 2.24) is 19.7 Å². The molecule has 6 heteroatoms. The Kier molecular flexibility index (Phi) is 4.95. The number of ether oxygens (including phenoxy) is 1. The van der Waals surface area contributed by atoms with Crippen molar-refractivity contribution < 1.29 is 4.74 Å². The average Bonchev–Trinajstić information content (AvgIpc) is 3.01. The van der Waals surface area contributed by atoms with Gasteiger partial charge in [0.25, 0.3) is 0 Å². The molecule has 5 nitrogen and oxygen atoms in total. The molecule has 1 aromatic heterocycles. The number of rotatable bonds is 5. The first-order chi connectivity index (χ1) is 10.7. The topological polar surface area (TPSA) is 43.2 Å². The van der Waals surface area contributed by atoms with Gasteiger partial charge in [-0.25, -0.2) is 4.98 Å². The lowest BCUT2D eigenvalue weighted by Crippen LogP contribution is -2.36. The SMILES string of the molecule is COc1ccc(Cl)cc1CN1CCC[C@H](Cn2cncn2)C1. The summed E-state index contributed by atoms with van der Waals surface area (Å²) in [5, 5.41) is 4.96. The fraction of sp³-hybridized carbons (Fsp3) is 0.500. The Morgan fingerprint density at radius 1 is 1.41 bits per heavy atom. The summed E-state index contributed by atoms with van der Waals surface area (Å²) >= 11 is 6.12. The van der Waals surface area contributed by atoms with Gasteiger partial charge >= 0.3 is 0 Å². The lowest BCUT2D eigenvalue weighted by Gasteiger charge is -2.33. The maximum Gasteiger partial charge on any atom is 0.137 e. The summed E-state index contributed by atoms with van der Waals surface area (Å²) in [5.74, 6) is 1.52. The highest BCUT2D eigenvalue weighted by atomic mass is 35.5. The molecule has 0 aliphatic carbocycles. The number of aromatic nitrogens is 3. The molecular formula is C16H21ClN4O. The molecule has 2 aromatic rings. The first kappa shape index (κ1) is 15.3.